The van der Waals surface area contributed by atoms with E-state index in [0.717, 1.165) is 6.07 Å². The van der Waals surface area contributed by atoms with Crippen molar-refractivity contribution < 1.29 is 77.6 Å². The molecule has 0 spiro atoms. The van der Waals surface area contributed by atoms with Crippen molar-refractivity contribution in [2.24, 2.45) is 7.05 Å². The number of carbonyl (C=O) groups is 2. The standard InChI is InChI=1S/C27H21N2O7S.2Li.O3S/c1-4-36-27(32)24-21-16-7-5-6-8-17(16)25(30)22-18(10-11-19(23(21)22)29(3)26(24)31)28-15-9-12-20(14(2)13-15)37(33,34)35;;;1-4(2)3/h5-8,10-13,28H,4H2,1-3H3,(H,33,34,35);;;/q-1;2*+1;/p-1. The molecule has 12 nitrogen and oxygen atoms in total. The summed E-state index contributed by atoms with van der Waals surface area (Å²) in [5.41, 5.74) is 1.96. The fraction of sp³-hybridized carbons (Fsp3) is 0.148. The van der Waals surface area contributed by atoms with Crippen LogP contribution in [0.2, 0.25) is 0 Å². The molecule has 1 heterocycles. The minimum atomic E-state index is -4.67. The van der Waals surface area contributed by atoms with E-state index < -0.39 is 32.3 Å². The number of anilines is 2. The van der Waals surface area contributed by atoms with Gasteiger partial charge in [-0.25, -0.2) is 4.79 Å². The Hall–Kier alpha value is -3.47. The summed E-state index contributed by atoms with van der Waals surface area (Å²) in [5.74, 6) is -1.10. The minimum Gasteiger partial charge on any atom is -0.754 e. The summed E-state index contributed by atoms with van der Waals surface area (Å²) in [4.78, 5) is 39.7. The maximum atomic E-state index is 13.8. The smallest absolute Gasteiger partial charge is 0.754 e. The van der Waals surface area contributed by atoms with Crippen molar-refractivity contribution in [3.05, 3.63) is 87.2 Å². The molecule has 5 rings (SSSR count). The number of hydrogen-bond acceptors (Lipinski definition) is 11. The molecule has 4 aromatic rings. The largest absolute Gasteiger partial charge is 1.00 e. The Morgan fingerprint density at radius 3 is 2.21 bits per heavy atom. The van der Waals surface area contributed by atoms with Gasteiger partial charge in [0.2, 0.25) is 0 Å². The molecule has 1 aliphatic rings. The molecule has 0 saturated carbocycles. The number of ketones is 1. The van der Waals surface area contributed by atoms with Gasteiger partial charge in [-0.05, 0) is 24.6 Å². The van der Waals surface area contributed by atoms with Gasteiger partial charge in [-0.2, -0.15) is 12.1 Å². The normalized spacial score (nSPS) is 11.2. The van der Waals surface area contributed by atoms with Gasteiger partial charge >= 0.3 is 54.3 Å². The topological polar surface area (TPSA) is 186 Å². The average Bonchev–Trinajstić information content (AvgIpc) is 2.89. The molecule has 3 aromatic carbocycles. The van der Waals surface area contributed by atoms with Crippen molar-refractivity contribution in [1.29, 1.82) is 0 Å². The molecule has 212 valence electrons. The van der Waals surface area contributed by atoms with E-state index in [4.69, 9.17) is 17.4 Å². The molecule has 0 amide bonds. The van der Waals surface area contributed by atoms with Crippen molar-refractivity contribution in [3.63, 3.8) is 0 Å². The maximum absolute atomic E-state index is 13.8. The average molecular weight is 610 g/mol. The first kappa shape index (κ1) is 35.7. The number of ether oxygens (including phenoxy) is 1. The summed E-state index contributed by atoms with van der Waals surface area (Å²) in [6.45, 7) is 3.19. The van der Waals surface area contributed by atoms with Crippen molar-refractivity contribution in [3.8, 4) is 11.1 Å². The van der Waals surface area contributed by atoms with Gasteiger partial charge in [0.05, 0.1) is 27.8 Å². The number of benzene rings is 3. The van der Waals surface area contributed by atoms with Crippen LogP contribution < -0.4 is 48.6 Å². The number of hydrogen-bond donors (Lipinski definition) is 1. The van der Waals surface area contributed by atoms with E-state index in [1.165, 1.54) is 24.6 Å². The zero-order valence-electron chi connectivity index (χ0n) is 23.7. The fourth-order valence-corrected chi connectivity index (χ4v) is 5.40. The summed E-state index contributed by atoms with van der Waals surface area (Å²) in [5, 5.41) is 3.50. The summed E-state index contributed by atoms with van der Waals surface area (Å²) < 4.78 is 66.2. The Morgan fingerprint density at radius 1 is 1.05 bits per heavy atom. The molecule has 0 bridgehead atoms. The Balaban J connectivity index is 0.00000101. The summed E-state index contributed by atoms with van der Waals surface area (Å²) in [6, 6.07) is 15.3. The first-order chi connectivity index (χ1) is 19.3. The third-order valence-electron chi connectivity index (χ3n) is 6.36. The van der Waals surface area contributed by atoms with Crippen LogP contribution in [0.15, 0.2) is 58.2 Å². The van der Waals surface area contributed by atoms with Crippen molar-refractivity contribution in [2.75, 3.05) is 11.9 Å². The zero-order valence-corrected chi connectivity index (χ0v) is 25.3. The van der Waals surface area contributed by atoms with Gasteiger partial charge in [-0.3, -0.25) is 18.0 Å². The van der Waals surface area contributed by atoms with Crippen molar-refractivity contribution in [2.45, 2.75) is 18.7 Å². The molecular weight excluding hydrogens is 590 g/mol. The zero-order chi connectivity index (χ0) is 30.2. The Labute approximate surface area is 271 Å². The van der Waals surface area contributed by atoms with Gasteiger partial charge in [0.25, 0.3) is 5.56 Å². The number of carbonyl (C=O) groups excluding carboxylic acids is 2. The Kier molecular flexibility index (Phi) is 11.5. The van der Waals surface area contributed by atoms with Gasteiger partial charge in [-0.15, -0.1) is 24.3 Å². The summed E-state index contributed by atoms with van der Waals surface area (Å²) >= 11 is 0. The van der Waals surface area contributed by atoms with Gasteiger partial charge in [0.15, 0.2) is 5.78 Å². The predicted octanol–water partition coefficient (Wildman–Crippen LogP) is -3.31. The molecule has 0 unspecified atom stereocenters. The number of aromatic nitrogens is 1. The number of pyridine rings is 1. The third kappa shape index (κ3) is 6.87. The molecular formula is C27H20Li2N2O10S2. The first-order valence-electron chi connectivity index (χ1n) is 11.8. The second kappa shape index (κ2) is 13.9. The molecule has 1 aliphatic carbocycles. The molecule has 0 radical (unpaired) electrons. The number of nitrogens with one attached hydrogen (secondary N) is 1. The second-order valence-electron chi connectivity index (χ2n) is 8.77. The number of aryl methyl sites for hydroxylation is 2. The van der Waals surface area contributed by atoms with Crippen LogP contribution in [0.25, 0.3) is 22.0 Å². The molecule has 1 aromatic heterocycles. The molecule has 0 aliphatic heterocycles. The second-order valence-corrected chi connectivity index (χ2v) is 10.5. The van der Waals surface area contributed by atoms with Crippen molar-refractivity contribution in [1.82, 2.24) is 4.57 Å². The Bertz CT molecular complexity index is 2050. The van der Waals surface area contributed by atoms with E-state index in [0.29, 0.717) is 39.0 Å². The van der Waals surface area contributed by atoms with Crippen LogP contribution in [0, 0.1) is 13.0 Å². The number of rotatable bonds is 5. The number of fused-ring (bicyclic) bond motifs is 2. The summed E-state index contributed by atoms with van der Waals surface area (Å²) in [7, 11) is -6.26. The first-order valence-corrected chi connectivity index (χ1v) is 14.2. The van der Waals surface area contributed by atoms with Gasteiger partial charge in [-0.1, -0.05) is 41.8 Å². The van der Waals surface area contributed by atoms with E-state index >= 15 is 0 Å². The molecule has 0 atom stereocenters. The van der Waals surface area contributed by atoms with Crippen molar-refractivity contribution >= 4 is 54.8 Å². The molecule has 43 heavy (non-hydrogen) atoms. The fourth-order valence-electron chi connectivity index (χ4n) is 4.74. The predicted molar refractivity (Wildman–Crippen MR) is 145 cm³/mol. The number of nitrogens with zero attached hydrogens (tertiary/aromatic N) is 1. The minimum absolute atomic E-state index is 0. The quantitative estimate of drug-likeness (QED) is 0.0909. The van der Waals surface area contributed by atoms with E-state index in [9.17, 15) is 27.4 Å². The molecule has 16 heteroatoms. The van der Waals surface area contributed by atoms with E-state index in [-0.39, 0.29) is 71.7 Å². The van der Waals surface area contributed by atoms with Gasteiger partial charge in [0.1, 0.15) is 5.56 Å². The van der Waals surface area contributed by atoms with E-state index in [2.05, 4.69) is 11.4 Å². The number of esters is 1. The van der Waals surface area contributed by atoms with Crippen LogP contribution in [0.5, 0.6) is 0 Å². The molecule has 0 fully saturated rings. The third-order valence-corrected chi connectivity index (χ3v) is 7.34. The molecule has 0 saturated heterocycles. The maximum Gasteiger partial charge on any atom is 1.00 e. The van der Waals surface area contributed by atoms with Crippen LogP contribution in [-0.2, 0) is 32.5 Å². The van der Waals surface area contributed by atoms with E-state index in [1.807, 2.05) is 0 Å². The Morgan fingerprint density at radius 2 is 1.65 bits per heavy atom. The monoisotopic (exact) mass is 610 g/mol. The SMILES string of the molecule is CCOC(=O)c1c2c3c(c(Nc4[c-]cc(S(=O)(=O)[O-])c(C)c4)ccc3n(C)c1=O)C(=O)c1ccccc1-2.O=S(=O)=O.[Li+].[Li+]. The van der Waals surface area contributed by atoms with Crippen LogP contribution in [-0.4, -0.2) is 48.5 Å². The van der Waals surface area contributed by atoms with Gasteiger partial charge < -0.3 is 19.2 Å². The van der Waals surface area contributed by atoms with Gasteiger partial charge in [0, 0.05) is 29.2 Å². The molecule has 1 N–H and O–H groups in total. The van der Waals surface area contributed by atoms with Crippen LogP contribution in [0.4, 0.5) is 11.4 Å². The van der Waals surface area contributed by atoms with Crippen LogP contribution in [0.3, 0.4) is 0 Å². The van der Waals surface area contributed by atoms with E-state index in [1.54, 1.807) is 43.3 Å². The van der Waals surface area contributed by atoms with Crippen LogP contribution in [0.1, 0.15) is 38.8 Å². The van der Waals surface area contributed by atoms with Crippen LogP contribution >= 0.6 is 0 Å². The summed E-state index contributed by atoms with van der Waals surface area (Å²) in [6.07, 6.45) is 0.